The number of amides is 1. The van der Waals surface area contributed by atoms with E-state index >= 15 is 0 Å². The van der Waals surface area contributed by atoms with E-state index in [2.05, 4.69) is 20.3 Å². The highest BCUT2D eigenvalue weighted by atomic mass is 32.1. The van der Waals surface area contributed by atoms with Crippen LogP contribution in [0.2, 0.25) is 0 Å². The van der Waals surface area contributed by atoms with Crippen molar-refractivity contribution in [1.82, 2.24) is 19.9 Å². The number of nitrogens with one attached hydrogen (secondary N) is 1. The van der Waals surface area contributed by atoms with Gasteiger partial charge in [-0.15, -0.1) is 11.3 Å². The number of pyridine rings is 1. The Morgan fingerprint density at radius 2 is 2.08 bits per heavy atom. The van der Waals surface area contributed by atoms with Gasteiger partial charge >= 0.3 is 0 Å². The van der Waals surface area contributed by atoms with Gasteiger partial charge in [0.1, 0.15) is 0 Å². The number of rotatable bonds is 4. The molecule has 0 radical (unpaired) electrons. The number of nitrogens with zero attached hydrogens (tertiary/aromatic N) is 4. The molecule has 3 aromatic heterocycles. The van der Waals surface area contributed by atoms with Crippen molar-refractivity contribution >= 4 is 33.4 Å². The summed E-state index contributed by atoms with van der Waals surface area (Å²) in [4.78, 5) is 28.2. The molecular weight excluding hydrogens is 334 g/mol. The largest absolute Gasteiger partial charge is 0.346 e. The topological polar surface area (TPSA) is 71.0 Å². The monoisotopic (exact) mass is 353 g/mol. The molecule has 1 N–H and O–H groups in total. The van der Waals surface area contributed by atoms with Crippen LogP contribution in [0.15, 0.2) is 35.8 Å². The molecule has 1 atom stereocenters. The van der Waals surface area contributed by atoms with Gasteiger partial charge in [0, 0.05) is 19.3 Å². The van der Waals surface area contributed by atoms with Crippen LogP contribution in [-0.4, -0.2) is 38.8 Å². The van der Waals surface area contributed by atoms with Gasteiger partial charge in [-0.1, -0.05) is 6.07 Å². The molecule has 0 bridgehead atoms. The van der Waals surface area contributed by atoms with E-state index in [9.17, 15) is 4.79 Å². The first kappa shape index (κ1) is 16.0. The highest BCUT2D eigenvalue weighted by Crippen LogP contribution is 2.26. The van der Waals surface area contributed by atoms with Gasteiger partial charge in [-0.2, -0.15) is 0 Å². The van der Waals surface area contributed by atoms with E-state index in [-0.39, 0.29) is 11.9 Å². The molecule has 7 heteroatoms. The second kappa shape index (κ2) is 6.76. The fourth-order valence-corrected chi connectivity index (χ4v) is 3.85. The number of carbonyl (C=O) groups is 1. The molecule has 0 spiro atoms. The molecule has 0 unspecified atom stereocenters. The molecule has 0 aromatic carbocycles. The number of likely N-dealkylation sites (tertiary alicyclic amines) is 1. The Balaban J connectivity index is 1.67. The molecule has 4 heterocycles. The lowest BCUT2D eigenvalue weighted by atomic mass is 10.2. The summed E-state index contributed by atoms with van der Waals surface area (Å²) in [5, 5.41) is 5.23. The third kappa shape index (κ3) is 3.19. The lowest BCUT2D eigenvalue weighted by molar-refractivity contribution is 0.0789. The van der Waals surface area contributed by atoms with Gasteiger partial charge < -0.3 is 10.2 Å². The Hall–Kier alpha value is -2.54. The van der Waals surface area contributed by atoms with Crippen LogP contribution >= 0.6 is 11.3 Å². The Kier molecular flexibility index (Phi) is 4.31. The second-order valence-electron chi connectivity index (χ2n) is 6.15. The van der Waals surface area contributed by atoms with Gasteiger partial charge in [0.25, 0.3) is 5.91 Å². The van der Waals surface area contributed by atoms with Crippen LogP contribution in [0.25, 0.3) is 10.2 Å². The minimum absolute atomic E-state index is 0.000823. The van der Waals surface area contributed by atoms with E-state index < -0.39 is 0 Å². The number of hydrogen-bond donors (Lipinski definition) is 1. The average molecular weight is 353 g/mol. The zero-order valence-corrected chi connectivity index (χ0v) is 14.8. The number of anilines is 1. The van der Waals surface area contributed by atoms with E-state index in [4.69, 9.17) is 0 Å². The zero-order chi connectivity index (χ0) is 17.2. The van der Waals surface area contributed by atoms with Crippen LogP contribution in [0.3, 0.4) is 0 Å². The molecule has 1 amide bonds. The number of fused-ring (bicyclic) bond motifs is 1. The van der Waals surface area contributed by atoms with Crippen molar-refractivity contribution in [3.8, 4) is 0 Å². The standard InChI is InChI=1S/C18H19N5OS/c1-12(13-6-2-3-8-19-13)20-18-21-14-7-11-25-16(14)15(22-18)17(24)23-9-4-5-10-23/h2-3,6-8,11-12H,4-5,9-10H2,1H3,(H,20,21,22)/t12-/m0/s1. The molecule has 4 rings (SSSR count). The van der Waals surface area contributed by atoms with Crippen LogP contribution in [0.1, 0.15) is 42.0 Å². The molecule has 3 aromatic rings. The lowest BCUT2D eigenvalue weighted by Gasteiger charge is -2.17. The van der Waals surface area contributed by atoms with E-state index in [1.165, 1.54) is 11.3 Å². The molecule has 128 valence electrons. The molecule has 1 fully saturated rings. The number of aromatic nitrogens is 3. The fourth-order valence-electron chi connectivity index (χ4n) is 3.04. The fraction of sp³-hybridized carbons (Fsp3) is 0.333. The summed E-state index contributed by atoms with van der Waals surface area (Å²) in [6.45, 7) is 3.62. The molecule has 0 aliphatic carbocycles. The first-order chi connectivity index (χ1) is 12.2. The maximum absolute atomic E-state index is 12.9. The quantitative estimate of drug-likeness (QED) is 0.777. The van der Waals surface area contributed by atoms with Gasteiger partial charge in [-0.25, -0.2) is 9.97 Å². The van der Waals surface area contributed by atoms with Gasteiger partial charge in [-0.3, -0.25) is 9.78 Å². The van der Waals surface area contributed by atoms with Crippen molar-refractivity contribution in [1.29, 1.82) is 0 Å². The summed E-state index contributed by atoms with van der Waals surface area (Å²) in [6.07, 6.45) is 3.89. The normalized spacial score (nSPS) is 15.5. The Bertz CT molecular complexity index is 889. The smallest absolute Gasteiger partial charge is 0.274 e. The first-order valence-electron chi connectivity index (χ1n) is 8.44. The van der Waals surface area contributed by atoms with Gasteiger partial charge in [0.15, 0.2) is 5.69 Å². The summed E-state index contributed by atoms with van der Waals surface area (Å²) in [5.41, 5.74) is 2.21. The van der Waals surface area contributed by atoms with E-state index in [0.29, 0.717) is 11.6 Å². The van der Waals surface area contributed by atoms with Crippen molar-refractivity contribution in [3.63, 3.8) is 0 Å². The van der Waals surface area contributed by atoms with Crippen molar-refractivity contribution in [2.24, 2.45) is 0 Å². The Labute approximate surface area is 149 Å². The highest BCUT2D eigenvalue weighted by molar-refractivity contribution is 7.17. The van der Waals surface area contributed by atoms with E-state index in [1.54, 1.807) is 6.20 Å². The Morgan fingerprint density at radius 3 is 2.84 bits per heavy atom. The molecule has 6 nitrogen and oxygen atoms in total. The van der Waals surface area contributed by atoms with Crippen LogP contribution < -0.4 is 5.32 Å². The number of thiophene rings is 1. The molecule has 1 aliphatic heterocycles. The van der Waals surface area contributed by atoms with Gasteiger partial charge in [0.05, 0.1) is 22.0 Å². The molecular formula is C18H19N5OS. The predicted octanol–water partition coefficient (Wildman–Crippen LogP) is 3.50. The minimum atomic E-state index is -0.0491. The van der Waals surface area contributed by atoms with Crippen LogP contribution in [0.5, 0.6) is 0 Å². The van der Waals surface area contributed by atoms with Crippen LogP contribution in [0.4, 0.5) is 5.95 Å². The summed E-state index contributed by atoms with van der Waals surface area (Å²) in [7, 11) is 0. The summed E-state index contributed by atoms with van der Waals surface area (Å²) in [5.74, 6) is 0.465. The zero-order valence-electron chi connectivity index (χ0n) is 14.0. The SMILES string of the molecule is C[C@H](Nc1nc(C(=O)N2CCCC2)c2sccc2n1)c1ccccn1. The first-order valence-corrected chi connectivity index (χ1v) is 9.32. The molecule has 1 aliphatic rings. The maximum atomic E-state index is 12.9. The van der Waals surface area contributed by atoms with Crippen LogP contribution in [-0.2, 0) is 0 Å². The van der Waals surface area contributed by atoms with Crippen molar-refractivity contribution in [3.05, 3.63) is 47.2 Å². The average Bonchev–Trinajstić information content (AvgIpc) is 3.33. The summed E-state index contributed by atoms with van der Waals surface area (Å²) < 4.78 is 0.855. The van der Waals surface area contributed by atoms with Crippen molar-refractivity contribution < 1.29 is 4.79 Å². The van der Waals surface area contributed by atoms with Crippen LogP contribution in [0, 0.1) is 0 Å². The van der Waals surface area contributed by atoms with E-state index in [0.717, 1.165) is 41.8 Å². The van der Waals surface area contributed by atoms with Gasteiger partial charge in [0.2, 0.25) is 5.95 Å². The van der Waals surface area contributed by atoms with E-state index in [1.807, 2.05) is 41.5 Å². The highest BCUT2D eigenvalue weighted by Gasteiger charge is 2.24. The summed E-state index contributed by atoms with van der Waals surface area (Å²) >= 11 is 1.51. The lowest BCUT2D eigenvalue weighted by Crippen LogP contribution is -2.29. The number of carbonyl (C=O) groups excluding carboxylic acids is 1. The number of hydrogen-bond acceptors (Lipinski definition) is 6. The molecule has 1 saturated heterocycles. The Morgan fingerprint density at radius 1 is 1.24 bits per heavy atom. The third-order valence-electron chi connectivity index (χ3n) is 4.38. The van der Waals surface area contributed by atoms with Crippen molar-refractivity contribution in [2.75, 3.05) is 18.4 Å². The van der Waals surface area contributed by atoms with Gasteiger partial charge in [-0.05, 0) is 43.3 Å². The maximum Gasteiger partial charge on any atom is 0.274 e. The molecule has 25 heavy (non-hydrogen) atoms. The molecule has 0 saturated carbocycles. The second-order valence-corrected chi connectivity index (χ2v) is 7.07. The third-order valence-corrected chi connectivity index (χ3v) is 5.29. The predicted molar refractivity (Wildman–Crippen MR) is 98.8 cm³/mol. The minimum Gasteiger partial charge on any atom is -0.346 e. The summed E-state index contributed by atoms with van der Waals surface area (Å²) in [6, 6.07) is 7.67. The van der Waals surface area contributed by atoms with Crippen molar-refractivity contribution in [2.45, 2.75) is 25.8 Å².